The van der Waals surface area contributed by atoms with Crippen molar-refractivity contribution in [2.75, 3.05) is 16.9 Å². The van der Waals surface area contributed by atoms with Gasteiger partial charge in [-0.3, -0.25) is 9.69 Å². The number of aromatic nitrogens is 1. The topological polar surface area (TPSA) is 62.7 Å². The number of fused-ring (bicyclic) bond motifs is 1. The average Bonchev–Trinajstić information content (AvgIpc) is 3.42. The molecular weight excluding hydrogens is 458 g/mol. The van der Waals surface area contributed by atoms with Gasteiger partial charge in [0.05, 0.1) is 23.4 Å². The number of aryl methyl sites for hydroxylation is 1. The predicted octanol–water partition coefficient (Wildman–Crippen LogP) is 5.55. The van der Waals surface area contributed by atoms with Crippen molar-refractivity contribution in [3.05, 3.63) is 108 Å². The second kappa shape index (κ2) is 9.56. The summed E-state index contributed by atoms with van der Waals surface area (Å²) in [6.07, 6.45) is 4.64. The third-order valence-electron chi connectivity index (χ3n) is 5.74. The molecule has 0 bridgehead atoms. The molecule has 0 radical (unpaired) electrons. The molecule has 1 fully saturated rings. The minimum absolute atomic E-state index is 0.225. The van der Waals surface area contributed by atoms with Crippen LogP contribution in [0.2, 0.25) is 0 Å². The average molecular weight is 482 g/mol. The molecule has 0 aliphatic carbocycles. The standard InChI is InChI=1S/C28H23N3O3S/c1-19-12-15-21(16-13-19)30-23(18-26(32)34-2)27(33)31(25(30)17-14-20-8-4-3-5-9-20)28-29-22-10-6-7-11-24(22)35-28/h3-18,25H,1-2H3/b17-14+,23-18+. The van der Waals surface area contributed by atoms with Crippen LogP contribution in [0, 0.1) is 6.92 Å². The lowest BCUT2D eigenvalue weighted by Gasteiger charge is -2.27. The first-order valence-corrected chi connectivity index (χ1v) is 11.9. The number of rotatable bonds is 5. The zero-order valence-electron chi connectivity index (χ0n) is 19.3. The van der Waals surface area contributed by atoms with Gasteiger partial charge in [0, 0.05) is 5.69 Å². The molecule has 1 saturated heterocycles. The van der Waals surface area contributed by atoms with Crippen molar-refractivity contribution in [1.82, 2.24) is 4.98 Å². The van der Waals surface area contributed by atoms with Crippen molar-refractivity contribution < 1.29 is 14.3 Å². The first-order chi connectivity index (χ1) is 17.0. The first kappa shape index (κ1) is 22.6. The van der Waals surface area contributed by atoms with Crippen LogP contribution in [0.5, 0.6) is 0 Å². The number of esters is 1. The van der Waals surface area contributed by atoms with Crippen molar-refractivity contribution in [2.24, 2.45) is 0 Å². The Hall–Kier alpha value is -4.23. The van der Waals surface area contributed by atoms with Gasteiger partial charge in [0.2, 0.25) is 0 Å². The summed E-state index contributed by atoms with van der Waals surface area (Å²) >= 11 is 1.44. The van der Waals surface area contributed by atoms with Crippen LogP contribution in [0.4, 0.5) is 10.8 Å². The maximum Gasteiger partial charge on any atom is 0.332 e. The van der Waals surface area contributed by atoms with E-state index in [4.69, 9.17) is 9.72 Å². The van der Waals surface area contributed by atoms with E-state index >= 15 is 0 Å². The highest BCUT2D eigenvalue weighted by atomic mass is 32.1. The number of hydrogen-bond acceptors (Lipinski definition) is 6. The predicted molar refractivity (Wildman–Crippen MR) is 140 cm³/mol. The number of carbonyl (C=O) groups excluding carboxylic acids is 2. The van der Waals surface area contributed by atoms with Gasteiger partial charge in [0.1, 0.15) is 11.9 Å². The van der Waals surface area contributed by atoms with E-state index in [-0.39, 0.29) is 11.6 Å². The maximum atomic E-state index is 13.8. The van der Waals surface area contributed by atoms with Crippen LogP contribution >= 0.6 is 11.3 Å². The highest BCUT2D eigenvalue weighted by molar-refractivity contribution is 7.22. The molecule has 1 atom stereocenters. The monoisotopic (exact) mass is 481 g/mol. The highest BCUT2D eigenvalue weighted by Gasteiger charge is 2.44. The number of benzene rings is 3. The molecular formula is C28H23N3O3S. The number of carbonyl (C=O) groups is 2. The van der Waals surface area contributed by atoms with Gasteiger partial charge >= 0.3 is 5.97 Å². The molecule has 1 aromatic heterocycles. The second-order valence-electron chi connectivity index (χ2n) is 8.08. The number of ether oxygens (including phenoxy) is 1. The lowest BCUT2D eigenvalue weighted by molar-refractivity contribution is -0.135. The van der Waals surface area contributed by atoms with Crippen LogP contribution in [0.25, 0.3) is 16.3 Å². The largest absolute Gasteiger partial charge is 0.466 e. The second-order valence-corrected chi connectivity index (χ2v) is 9.09. The lowest BCUT2D eigenvalue weighted by atomic mass is 10.1. The maximum absolute atomic E-state index is 13.8. The summed E-state index contributed by atoms with van der Waals surface area (Å²) in [5.41, 5.74) is 3.92. The highest BCUT2D eigenvalue weighted by Crippen LogP contribution is 2.39. The van der Waals surface area contributed by atoms with E-state index in [2.05, 4.69) is 0 Å². The van der Waals surface area contributed by atoms with E-state index in [1.807, 2.05) is 103 Å². The fourth-order valence-corrected chi connectivity index (χ4v) is 4.99. The minimum Gasteiger partial charge on any atom is -0.466 e. The van der Waals surface area contributed by atoms with Crippen molar-refractivity contribution in [2.45, 2.75) is 13.1 Å². The Bertz CT molecular complexity index is 1410. The fourth-order valence-electron chi connectivity index (χ4n) is 4.00. The Morgan fingerprint density at radius 3 is 2.40 bits per heavy atom. The summed E-state index contributed by atoms with van der Waals surface area (Å²) in [4.78, 5) is 34.4. The normalized spacial score (nSPS) is 17.1. The van der Waals surface area contributed by atoms with Gasteiger partial charge in [-0.1, -0.05) is 77.6 Å². The van der Waals surface area contributed by atoms with E-state index < -0.39 is 12.1 Å². The first-order valence-electron chi connectivity index (χ1n) is 11.1. The molecule has 3 aromatic carbocycles. The molecule has 1 unspecified atom stereocenters. The zero-order valence-corrected chi connectivity index (χ0v) is 20.1. The van der Waals surface area contributed by atoms with Gasteiger partial charge in [0.15, 0.2) is 5.13 Å². The Morgan fingerprint density at radius 2 is 1.69 bits per heavy atom. The molecule has 1 amide bonds. The number of methoxy groups -OCH3 is 1. The third-order valence-corrected chi connectivity index (χ3v) is 6.78. The van der Waals surface area contributed by atoms with E-state index in [9.17, 15) is 9.59 Å². The van der Waals surface area contributed by atoms with Gasteiger partial charge in [-0.05, 0) is 42.8 Å². The Morgan fingerprint density at radius 1 is 0.971 bits per heavy atom. The van der Waals surface area contributed by atoms with E-state index in [1.165, 1.54) is 24.5 Å². The molecule has 0 spiro atoms. The Kier molecular flexibility index (Phi) is 6.16. The van der Waals surface area contributed by atoms with Gasteiger partial charge in [-0.15, -0.1) is 0 Å². The van der Waals surface area contributed by atoms with Crippen LogP contribution in [0.15, 0.2) is 96.7 Å². The number of anilines is 2. The molecule has 0 saturated carbocycles. The summed E-state index contributed by atoms with van der Waals surface area (Å²) in [6, 6.07) is 25.5. The van der Waals surface area contributed by atoms with Crippen molar-refractivity contribution in [3.8, 4) is 0 Å². The Labute approximate surface area is 207 Å². The summed E-state index contributed by atoms with van der Waals surface area (Å²) in [5.74, 6) is -0.917. The molecule has 0 N–H and O–H groups in total. The molecule has 1 aliphatic heterocycles. The smallest absolute Gasteiger partial charge is 0.332 e. The quantitative estimate of drug-likeness (QED) is 0.276. The number of thiazole rings is 1. The molecule has 5 rings (SSSR count). The minimum atomic E-state index is -0.595. The molecule has 2 heterocycles. The molecule has 174 valence electrons. The van der Waals surface area contributed by atoms with Gasteiger partial charge in [-0.25, -0.2) is 9.78 Å². The van der Waals surface area contributed by atoms with Crippen LogP contribution in [-0.2, 0) is 14.3 Å². The lowest BCUT2D eigenvalue weighted by Crippen LogP contribution is -2.38. The van der Waals surface area contributed by atoms with Crippen LogP contribution in [-0.4, -0.2) is 30.1 Å². The number of nitrogens with zero attached hydrogens (tertiary/aromatic N) is 3. The van der Waals surface area contributed by atoms with Crippen LogP contribution in [0.3, 0.4) is 0 Å². The van der Waals surface area contributed by atoms with E-state index in [1.54, 1.807) is 4.90 Å². The van der Waals surface area contributed by atoms with Crippen molar-refractivity contribution in [1.29, 1.82) is 0 Å². The van der Waals surface area contributed by atoms with Crippen LogP contribution < -0.4 is 9.80 Å². The van der Waals surface area contributed by atoms with Gasteiger partial charge in [0.25, 0.3) is 5.91 Å². The van der Waals surface area contributed by atoms with Crippen molar-refractivity contribution >= 4 is 50.3 Å². The zero-order chi connectivity index (χ0) is 24.4. The van der Waals surface area contributed by atoms with Crippen LogP contribution in [0.1, 0.15) is 11.1 Å². The molecule has 35 heavy (non-hydrogen) atoms. The molecule has 7 heteroatoms. The summed E-state index contributed by atoms with van der Waals surface area (Å²) in [6.45, 7) is 2.00. The third kappa shape index (κ3) is 4.46. The SMILES string of the molecule is COC(=O)/C=C1\C(=O)N(c2nc3ccccc3s2)C(/C=C/c2ccccc2)N1c1ccc(C)cc1. The van der Waals surface area contributed by atoms with E-state index in [0.29, 0.717) is 5.13 Å². The summed E-state index contributed by atoms with van der Waals surface area (Å²) < 4.78 is 5.85. The molecule has 6 nitrogen and oxygen atoms in total. The molecule has 1 aliphatic rings. The summed E-state index contributed by atoms with van der Waals surface area (Å²) in [5, 5.41) is 0.560. The van der Waals surface area contributed by atoms with Crippen molar-refractivity contribution in [3.63, 3.8) is 0 Å². The van der Waals surface area contributed by atoms with E-state index in [0.717, 1.165) is 27.0 Å². The van der Waals surface area contributed by atoms with Gasteiger partial charge in [-0.2, -0.15) is 0 Å². The van der Waals surface area contributed by atoms with Gasteiger partial charge < -0.3 is 9.64 Å². The summed E-state index contributed by atoms with van der Waals surface area (Å²) in [7, 11) is 1.30. The fraction of sp³-hybridized carbons (Fsp3) is 0.107. The number of hydrogen-bond donors (Lipinski definition) is 0. The Balaban J connectivity index is 1.69. The molecule has 4 aromatic rings. The number of para-hydroxylation sites is 1. The number of amides is 1.